The van der Waals surface area contributed by atoms with E-state index in [2.05, 4.69) is 20.9 Å². The molecule has 0 bridgehead atoms. The fraction of sp³-hybridized carbons (Fsp3) is 0.435. The average Bonchev–Trinajstić information content (AvgIpc) is 3.25. The summed E-state index contributed by atoms with van der Waals surface area (Å²) < 4.78 is 63.5. The van der Waals surface area contributed by atoms with E-state index in [1.807, 2.05) is 35.5 Å². The summed E-state index contributed by atoms with van der Waals surface area (Å²) in [5.41, 5.74) is 2.32. The topological polar surface area (TPSA) is 124 Å². The number of hydrogen-bond acceptors (Lipinski definition) is 6. The largest absolute Gasteiger partial charge is 0.490 e. The zero-order valence-electron chi connectivity index (χ0n) is 19.7. The van der Waals surface area contributed by atoms with Crippen LogP contribution in [0.25, 0.3) is 0 Å². The predicted octanol–water partition coefficient (Wildman–Crippen LogP) is 3.22. The van der Waals surface area contributed by atoms with Gasteiger partial charge in [-0.3, -0.25) is 19.7 Å². The number of aromatic nitrogens is 2. The second kappa shape index (κ2) is 13.2. The first-order valence-corrected chi connectivity index (χ1v) is 11.1. The van der Waals surface area contributed by atoms with Gasteiger partial charge < -0.3 is 15.1 Å². The molecule has 38 heavy (non-hydrogen) atoms. The van der Waals surface area contributed by atoms with E-state index in [1.165, 1.54) is 5.56 Å². The van der Waals surface area contributed by atoms with Gasteiger partial charge in [0.15, 0.2) is 0 Å². The number of carboxylic acids is 2. The van der Waals surface area contributed by atoms with Gasteiger partial charge in [-0.15, -0.1) is 0 Å². The fourth-order valence-electron chi connectivity index (χ4n) is 3.95. The van der Waals surface area contributed by atoms with E-state index in [-0.39, 0.29) is 5.92 Å². The van der Waals surface area contributed by atoms with Crippen LogP contribution in [-0.2, 0) is 27.5 Å². The van der Waals surface area contributed by atoms with Crippen molar-refractivity contribution in [3.63, 3.8) is 0 Å². The van der Waals surface area contributed by atoms with Gasteiger partial charge in [-0.05, 0) is 35.6 Å². The van der Waals surface area contributed by atoms with Crippen LogP contribution in [0.1, 0.15) is 17.5 Å². The summed E-state index contributed by atoms with van der Waals surface area (Å²) in [7, 11) is 0. The van der Waals surface area contributed by atoms with Gasteiger partial charge in [0.1, 0.15) is 0 Å². The van der Waals surface area contributed by atoms with Crippen LogP contribution in [0.15, 0.2) is 49.1 Å². The molecule has 2 aromatic heterocycles. The van der Waals surface area contributed by atoms with Crippen molar-refractivity contribution in [2.24, 2.45) is 11.8 Å². The first-order chi connectivity index (χ1) is 17.7. The number of fused-ring (bicyclic) bond motifs is 1. The Morgan fingerprint density at radius 1 is 0.868 bits per heavy atom. The minimum Gasteiger partial charge on any atom is -0.475 e. The van der Waals surface area contributed by atoms with Gasteiger partial charge in [0.05, 0.1) is 5.92 Å². The summed E-state index contributed by atoms with van der Waals surface area (Å²) in [6.45, 7) is 4.30. The molecule has 1 amide bonds. The van der Waals surface area contributed by atoms with Crippen molar-refractivity contribution in [2.75, 3.05) is 19.6 Å². The summed E-state index contributed by atoms with van der Waals surface area (Å²) in [4.78, 5) is 43.4. The van der Waals surface area contributed by atoms with Crippen molar-refractivity contribution in [1.82, 2.24) is 19.8 Å². The lowest BCUT2D eigenvalue weighted by Crippen LogP contribution is -2.44. The molecular formula is C23H24F6N4O5. The van der Waals surface area contributed by atoms with Crippen LogP contribution in [0.5, 0.6) is 0 Å². The highest BCUT2D eigenvalue weighted by Crippen LogP contribution is 2.33. The van der Waals surface area contributed by atoms with Crippen LogP contribution >= 0.6 is 0 Å². The van der Waals surface area contributed by atoms with E-state index < -0.39 is 24.3 Å². The van der Waals surface area contributed by atoms with E-state index >= 15 is 0 Å². The Morgan fingerprint density at radius 3 is 1.76 bits per heavy atom. The summed E-state index contributed by atoms with van der Waals surface area (Å²) >= 11 is 0. The van der Waals surface area contributed by atoms with Crippen molar-refractivity contribution < 1.29 is 50.9 Å². The summed E-state index contributed by atoms with van der Waals surface area (Å²) in [5, 5.41) is 14.2. The second-order valence-electron chi connectivity index (χ2n) is 8.44. The van der Waals surface area contributed by atoms with Crippen molar-refractivity contribution in [2.45, 2.75) is 31.9 Å². The van der Waals surface area contributed by atoms with Crippen LogP contribution in [0.3, 0.4) is 0 Å². The number of alkyl halides is 6. The predicted molar refractivity (Wildman–Crippen MR) is 118 cm³/mol. The summed E-state index contributed by atoms with van der Waals surface area (Å²) in [6.07, 6.45) is -1.74. The quantitative estimate of drug-likeness (QED) is 0.557. The van der Waals surface area contributed by atoms with Crippen molar-refractivity contribution >= 4 is 17.8 Å². The van der Waals surface area contributed by atoms with Gasteiger partial charge in [-0.25, -0.2) is 9.59 Å². The fourth-order valence-corrected chi connectivity index (χ4v) is 3.95. The van der Waals surface area contributed by atoms with Crippen LogP contribution in [0.4, 0.5) is 26.3 Å². The maximum atomic E-state index is 12.9. The molecule has 2 aliphatic rings. The van der Waals surface area contributed by atoms with Gasteiger partial charge in [0.2, 0.25) is 5.91 Å². The number of aliphatic carboxylic acids is 2. The molecule has 2 saturated heterocycles. The zero-order valence-corrected chi connectivity index (χ0v) is 19.7. The first kappa shape index (κ1) is 30.5. The normalized spacial score (nSPS) is 19.4. The Balaban J connectivity index is 0.000000301. The average molecular weight is 550 g/mol. The molecular weight excluding hydrogens is 526 g/mol. The number of carboxylic acid groups (broad SMARTS) is 2. The molecule has 2 aromatic rings. The minimum absolute atomic E-state index is 0.145. The molecule has 2 aliphatic heterocycles. The summed E-state index contributed by atoms with van der Waals surface area (Å²) in [5.74, 6) is -4.56. The number of piperidine rings is 1. The lowest BCUT2D eigenvalue weighted by atomic mass is 9.88. The maximum Gasteiger partial charge on any atom is 0.490 e. The number of nitrogens with zero attached hydrogens (tertiary/aromatic N) is 4. The minimum atomic E-state index is -5.08. The molecule has 2 fully saturated rings. The number of pyridine rings is 2. The molecule has 4 rings (SSSR count). The molecule has 2 atom stereocenters. The van der Waals surface area contributed by atoms with Crippen LogP contribution in [0.2, 0.25) is 0 Å². The molecule has 2 N–H and O–H groups in total. The Morgan fingerprint density at radius 2 is 1.34 bits per heavy atom. The van der Waals surface area contributed by atoms with E-state index in [9.17, 15) is 31.1 Å². The van der Waals surface area contributed by atoms with Crippen molar-refractivity contribution in [3.8, 4) is 0 Å². The lowest BCUT2D eigenvalue weighted by Gasteiger charge is -2.33. The molecule has 4 heterocycles. The Labute approximate surface area is 212 Å². The molecule has 0 unspecified atom stereocenters. The Hall–Kier alpha value is -3.75. The molecule has 208 valence electrons. The van der Waals surface area contributed by atoms with Crippen LogP contribution in [-0.4, -0.2) is 79.8 Å². The van der Waals surface area contributed by atoms with Crippen molar-refractivity contribution in [1.29, 1.82) is 0 Å². The van der Waals surface area contributed by atoms with Gasteiger partial charge in [-0.2, -0.15) is 26.3 Å². The SMILES string of the molecule is O=C(O)C(F)(F)F.O=C(O)C(F)(F)F.O=C1[C@H]2CN(Cc3cccnc3)C[C@@H]2CCN1Cc1cccnc1. The zero-order chi connectivity index (χ0) is 28.5. The van der Waals surface area contributed by atoms with Gasteiger partial charge in [0, 0.05) is 57.5 Å². The van der Waals surface area contributed by atoms with Crippen LogP contribution < -0.4 is 0 Å². The Bertz CT molecular complexity index is 1050. The molecule has 0 aromatic carbocycles. The molecule has 0 saturated carbocycles. The van der Waals surface area contributed by atoms with Gasteiger partial charge in [0.25, 0.3) is 0 Å². The van der Waals surface area contributed by atoms with E-state index in [0.29, 0.717) is 18.4 Å². The standard InChI is InChI=1S/C19H22N4O.2C2HF3O2/c24-19-18-14-22(11-15-3-1-6-20-9-15)13-17(18)5-8-23(19)12-16-4-2-7-21-10-16;2*3-2(4,5)1(6)7/h1-4,6-7,9-10,17-18H,5,8,11-14H2;2*(H,6,7)/t17-,18-;;/m0../s1. The number of amides is 1. The second-order valence-corrected chi connectivity index (χ2v) is 8.44. The highest BCUT2D eigenvalue weighted by molar-refractivity contribution is 5.80. The third-order valence-corrected chi connectivity index (χ3v) is 5.63. The number of halogens is 6. The Kier molecular flexibility index (Phi) is 10.6. The van der Waals surface area contributed by atoms with Gasteiger partial charge in [-0.1, -0.05) is 12.1 Å². The highest BCUT2D eigenvalue weighted by Gasteiger charge is 2.42. The first-order valence-electron chi connectivity index (χ1n) is 11.1. The summed E-state index contributed by atoms with van der Waals surface area (Å²) in [6, 6.07) is 8.04. The molecule has 0 aliphatic carbocycles. The van der Waals surface area contributed by atoms with E-state index in [4.69, 9.17) is 19.8 Å². The number of hydrogen-bond donors (Lipinski definition) is 2. The number of carbonyl (C=O) groups is 3. The highest BCUT2D eigenvalue weighted by atomic mass is 19.4. The van der Waals surface area contributed by atoms with E-state index in [0.717, 1.165) is 38.2 Å². The third-order valence-electron chi connectivity index (χ3n) is 5.63. The number of likely N-dealkylation sites (tertiary alicyclic amines) is 2. The monoisotopic (exact) mass is 550 g/mol. The van der Waals surface area contributed by atoms with Crippen molar-refractivity contribution in [3.05, 3.63) is 60.2 Å². The lowest BCUT2D eigenvalue weighted by molar-refractivity contribution is -0.193. The molecule has 9 nitrogen and oxygen atoms in total. The third kappa shape index (κ3) is 9.61. The molecule has 0 spiro atoms. The molecule has 15 heteroatoms. The number of rotatable bonds is 4. The van der Waals surface area contributed by atoms with Crippen LogP contribution in [0, 0.1) is 11.8 Å². The van der Waals surface area contributed by atoms with E-state index in [1.54, 1.807) is 12.4 Å². The smallest absolute Gasteiger partial charge is 0.475 e. The number of carbonyl (C=O) groups excluding carboxylic acids is 1. The maximum absolute atomic E-state index is 12.9. The van der Waals surface area contributed by atoms with Gasteiger partial charge >= 0.3 is 24.3 Å². The molecule has 0 radical (unpaired) electrons.